The van der Waals surface area contributed by atoms with E-state index in [2.05, 4.69) is 4.72 Å². The van der Waals surface area contributed by atoms with Gasteiger partial charge in [-0.25, -0.2) is 17.5 Å². The van der Waals surface area contributed by atoms with Crippen LogP contribution in [-0.2, 0) is 10.0 Å². The Hall–Kier alpha value is -1.40. The van der Waals surface area contributed by atoms with Gasteiger partial charge in [0, 0.05) is 12.2 Å². The Bertz CT molecular complexity index is 553. The van der Waals surface area contributed by atoms with E-state index in [9.17, 15) is 12.8 Å². The second-order valence-electron chi connectivity index (χ2n) is 3.89. The van der Waals surface area contributed by atoms with E-state index >= 15 is 0 Å². The van der Waals surface area contributed by atoms with Gasteiger partial charge < -0.3 is 5.73 Å². The van der Waals surface area contributed by atoms with Gasteiger partial charge in [0.05, 0.1) is 0 Å². The largest absolute Gasteiger partial charge is 0.398 e. The van der Waals surface area contributed by atoms with Crippen LogP contribution in [0.4, 0.5) is 10.1 Å². The molecule has 1 aromatic rings. The van der Waals surface area contributed by atoms with Crippen LogP contribution < -0.4 is 10.5 Å². The lowest BCUT2D eigenvalue weighted by atomic mass is 10.2. The molecular weight excluding hydrogens is 255 g/mol. The summed E-state index contributed by atoms with van der Waals surface area (Å²) >= 11 is 0. The summed E-state index contributed by atoms with van der Waals surface area (Å²) < 4.78 is 39.6. The highest BCUT2D eigenvalue weighted by atomic mass is 32.2. The first-order valence-electron chi connectivity index (χ1n) is 5.55. The first-order chi connectivity index (χ1) is 8.38. The van der Waals surface area contributed by atoms with Crippen LogP contribution in [0.3, 0.4) is 0 Å². The smallest absolute Gasteiger partial charge is 0.243 e. The number of benzene rings is 1. The maximum atomic E-state index is 13.6. The normalized spacial score (nSPS) is 12.2. The van der Waals surface area contributed by atoms with Gasteiger partial charge in [-0.1, -0.05) is 12.2 Å². The molecule has 0 aromatic heterocycles. The zero-order valence-corrected chi connectivity index (χ0v) is 11.2. The molecule has 1 rings (SSSR count). The Morgan fingerprint density at radius 2 is 2.11 bits per heavy atom. The predicted molar refractivity (Wildman–Crippen MR) is 70.2 cm³/mol. The van der Waals surface area contributed by atoms with Gasteiger partial charge in [-0.15, -0.1) is 0 Å². The van der Waals surface area contributed by atoms with Crippen molar-refractivity contribution >= 4 is 15.7 Å². The molecule has 100 valence electrons. The van der Waals surface area contributed by atoms with E-state index in [0.29, 0.717) is 12.0 Å². The zero-order chi connectivity index (χ0) is 13.8. The molecule has 0 spiro atoms. The summed E-state index contributed by atoms with van der Waals surface area (Å²) in [7, 11) is -3.85. The van der Waals surface area contributed by atoms with E-state index in [1.54, 1.807) is 6.92 Å². The fraction of sp³-hybridized carbons (Fsp3) is 0.333. The van der Waals surface area contributed by atoms with Crippen molar-refractivity contribution in [2.24, 2.45) is 0 Å². The molecule has 0 aliphatic carbocycles. The van der Waals surface area contributed by atoms with Crippen LogP contribution in [0.25, 0.3) is 0 Å². The lowest BCUT2D eigenvalue weighted by Crippen LogP contribution is -2.25. The van der Waals surface area contributed by atoms with Crippen molar-refractivity contribution in [3.05, 3.63) is 35.7 Å². The van der Waals surface area contributed by atoms with Gasteiger partial charge in [-0.3, -0.25) is 0 Å². The number of sulfonamides is 1. The van der Waals surface area contributed by atoms with Crippen LogP contribution in [0.15, 0.2) is 29.2 Å². The number of hydrogen-bond acceptors (Lipinski definition) is 3. The molecule has 6 heteroatoms. The van der Waals surface area contributed by atoms with Gasteiger partial charge in [0.25, 0.3) is 0 Å². The number of allylic oxidation sites excluding steroid dienone is 1. The minimum atomic E-state index is -3.85. The Labute approximate surface area is 107 Å². The number of aryl methyl sites for hydroxylation is 1. The van der Waals surface area contributed by atoms with Crippen molar-refractivity contribution in [2.45, 2.75) is 25.2 Å². The van der Waals surface area contributed by atoms with Gasteiger partial charge in [-0.05, 0) is 38.0 Å². The summed E-state index contributed by atoms with van der Waals surface area (Å²) in [4.78, 5) is -0.411. The third-order valence-electron chi connectivity index (χ3n) is 2.45. The Morgan fingerprint density at radius 1 is 1.44 bits per heavy atom. The number of rotatable bonds is 5. The summed E-state index contributed by atoms with van der Waals surface area (Å²) in [5.41, 5.74) is 6.36. The molecule has 0 heterocycles. The van der Waals surface area contributed by atoms with Gasteiger partial charge in [0.15, 0.2) is 0 Å². The molecule has 4 nitrogen and oxygen atoms in total. The molecule has 0 bridgehead atoms. The lowest BCUT2D eigenvalue weighted by molar-refractivity contribution is 0.557. The molecule has 3 N–H and O–H groups in total. The maximum absolute atomic E-state index is 13.6. The molecule has 0 saturated heterocycles. The Morgan fingerprint density at radius 3 is 2.72 bits per heavy atom. The molecule has 0 amide bonds. The van der Waals surface area contributed by atoms with E-state index in [4.69, 9.17) is 5.73 Å². The fourth-order valence-electron chi connectivity index (χ4n) is 1.40. The van der Waals surface area contributed by atoms with Crippen molar-refractivity contribution < 1.29 is 12.8 Å². The van der Waals surface area contributed by atoms with Crippen molar-refractivity contribution in [1.82, 2.24) is 4.72 Å². The molecule has 0 saturated carbocycles. The van der Waals surface area contributed by atoms with Crippen LogP contribution in [0, 0.1) is 12.7 Å². The third kappa shape index (κ3) is 3.54. The predicted octanol–water partition coefficient (Wildman–Crippen LogP) is 1.96. The summed E-state index contributed by atoms with van der Waals surface area (Å²) in [6.45, 7) is 3.68. The van der Waals surface area contributed by atoms with Crippen LogP contribution >= 0.6 is 0 Å². The van der Waals surface area contributed by atoms with E-state index in [1.165, 1.54) is 0 Å². The number of anilines is 1. The van der Waals surface area contributed by atoms with Crippen molar-refractivity contribution in [2.75, 3.05) is 12.3 Å². The molecule has 1 aromatic carbocycles. The number of nitrogen functional groups attached to an aromatic ring is 1. The maximum Gasteiger partial charge on any atom is 0.243 e. The summed E-state index contributed by atoms with van der Waals surface area (Å²) in [5.74, 6) is -0.791. The third-order valence-corrected chi connectivity index (χ3v) is 3.92. The molecule has 0 atom stereocenters. The highest BCUT2D eigenvalue weighted by Gasteiger charge is 2.19. The molecule has 0 fully saturated rings. The Balaban J connectivity index is 2.95. The van der Waals surface area contributed by atoms with Crippen molar-refractivity contribution in [3.63, 3.8) is 0 Å². The minimum absolute atomic E-state index is 0.222. The van der Waals surface area contributed by atoms with Crippen LogP contribution in [0.5, 0.6) is 0 Å². The summed E-state index contributed by atoms with van der Waals surface area (Å²) in [6, 6.07) is 2.26. The zero-order valence-electron chi connectivity index (χ0n) is 10.4. The van der Waals surface area contributed by atoms with Crippen LogP contribution in [0.2, 0.25) is 0 Å². The van der Waals surface area contributed by atoms with Crippen LogP contribution in [-0.4, -0.2) is 15.0 Å². The van der Waals surface area contributed by atoms with Gasteiger partial charge in [0.1, 0.15) is 10.7 Å². The first kappa shape index (κ1) is 14.7. The standard InChI is InChI=1S/C12H17FN2O2S/c1-3-4-5-6-15-18(16,17)12-8-11(14)9(2)7-10(12)13/h3-4,7-8,15H,5-6,14H2,1-2H3/b4-3+. The number of nitrogens with one attached hydrogen (secondary N) is 1. The minimum Gasteiger partial charge on any atom is -0.398 e. The van der Waals surface area contributed by atoms with Gasteiger partial charge in [0.2, 0.25) is 10.0 Å². The van der Waals surface area contributed by atoms with E-state index in [-0.39, 0.29) is 12.2 Å². The average Bonchev–Trinajstić information content (AvgIpc) is 2.29. The SMILES string of the molecule is C/C=C/CCNS(=O)(=O)c1cc(N)c(C)cc1F. The van der Waals surface area contributed by atoms with E-state index in [1.807, 2.05) is 19.1 Å². The lowest BCUT2D eigenvalue weighted by Gasteiger charge is -2.09. The highest BCUT2D eigenvalue weighted by molar-refractivity contribution is 7.89. The second kappa shape index (κ2) is 5.97. The van der Waals surface area contributed by atoms with Crippen molar-refractivity contribution in [1.29, 1.82) is 0 Å². The Kier molecular flexibility index (Phi) is 4.86. The molecule has 18 heavy (non-hydrogen) atoms. The van der Waals surface area contributed by atoms with Crippen LogP contribution in [0.1, 0.15) is 18.9 Å². The van der Waals surface area contributed by atoms with E-state index < -0.39 is 20.7 Å². The van der Waals surface area contributed by atoms with Gasteiger partial charge in [-0.2, -0.15) is 0 Å². The van der Waals surface area contributed by atoms with Crippen molar-refractivity contribution in [3.8, 4) is 0 Å². The number of hydrogen-bond donors (Lipinski definition) is 2. The van der Waals surface area contributed by atoms with Gasteiger partial charge >= 0.3 is 0 Å². The molecular formula is C12H17FN2O2S. The molecule has 0 unspecified atom stereocenters. The monoisotopic (exact) mass is 272 g/mol. The molecule has 0 aliphatic rings. The highest BCUT2D eigenvalue weighted by Crippen LogP contribution is 2.21. The number of halogens is 1. The van der Waals surface area contributed by atoms with E-state index in [0.717, 1.165) is 12.1 Å². The topological polar surface area (TPSA) is 72.2 Å². The first-order valence-corrected chi connectivity index (χ1v) is 7.03. The molecule has 0 radical (unpaired) electrons. The summed E-state index contributed by atoms with van der Waals surface area (Å²) in [6.07, 6.45) is 4.19. The molecule has 0 aliphatic heterocycles. The quantitative estimate of drug-likeness (QED) is 0.489. The number of nitrogens with two attached hydrogens (primary N) is 1. The summed E-state index contributed by atoms with van der Waals surface area (Å²) in [5, 5.41) is 0. The second-order valence-corrected chi connectivity index (χ2v) is 5.63. The average molecular weight is 272 g/mol. The fourth-order valence-corrected chi connectivity index (χ4v) is 2.54.